The number of non-ortho nitro benzene ring substituents is 1. The number of nitro benzene ring substituents is 1. The Kier molecular flexibility index (Phi) is 6.33. The predicted molar refractivity (Wildman–Crippen MR) is 129 cm³/mol. The molecule has 0 saturated carbocycles. The van der Waals surface area contributed by atoms with Crippen molar-refractivity contribution in [3.05, 3.63) is 112 Å². The van der Waals surface area contributed by atoms with Crippen LogP contribution in [0.15, 0.2) is 101 Å². The number of anilines is 1. The number of carbonyl (C=O) groups excluding carboxylic acids is 1. The Morgan fingerprint density at radius 3 is 2.24 bits per heavy atom. The lowest BCUT2D eigenvalue weighted by Gasteiger charge is -2.06. The molecule has 4 aromatic rings. The number of hydrogen-bond donors (Lipinski definition) is 2. The fraction of sp³-hybridized carbons (Fsp3) is 0. The van der Waals surface area contributed by atoms with E-state index in [4.69, 9.17) is 0 Å². The maximum Gasteiger partial charge on any atom is 0.276 e. The number of fused-ring (bicyclic) bond motifs is 1. The normalized spacial score (nSPS) is 11.4. The molecule has 0 aliphatic rings. The minimum Gasteiger partial charge on any atom is -0.322 e. The molecular weight excluding hydrogens is 456 g/mol. The van der Waals surface area contributed by atoms with Crippen LogP contribution in [-0.4, -0.2) is 25.5 Å². The molecule has 0 fully saturated rings. The molecule has 0 aromatic heterocycles. The summed E-state index contributed by atoms with van der Waals surface area (Å²) < 4.78 is 25.0. The van der Waals surface area contributed by atoms with Crippen LogP contribution in [0.25, 0.3) is 10.8 Å². The molecule has 0 bridgehead atoms. The molecule has 10 heteroatoms. The van der Waals surface area contributed by atoms with Crippen LogP contribution in [-0.2, 0) is 10.0 Å². The predicted octanol–water partition coefficient (Wildman–Crippen LogP) is 4.31. The van der Waals surface area contributed by atoms with Gasteiger partial charge in [-0.1, -0.05) is 42.5 Å². The second kappa shape index (κ2) is 9.51. The van der Waals surface area contributed by atoms with Crippen LogP contribution < -0.4 is 10.1 Å². The number of nitrogens with zero attached hydrogens (tertiary/aromatic N) is 2. The standard InChI is InChI=1S/C24H18N4O5S/c29-24(19-7-12-22(13-8-19)28(30)31)26-21-10-5-17(6-11-21)16-25-27-34(32,33)23-14-9-18-3-1-2-4-20(18)15-23/h1-16,27H,(H,26,29). The van der Waals surface area contributed by atoms with Crippen molar-refractivity contribution in [3.8, 4) is 0 Å². The first-order valence-electron chi connectivity index (χ1n) is 10.0. The molecule has 2 N–H and O–H groups in total. The molecule has 1 amide bonds. The molecule has 4 rings (SSSR count). The molecule has 9 nitrogen and oxygen atoms in total. The van der Waals surface area contributed by atoms with E-state index in [0.29, 0.717) is 11.3 Å². The number of benzene rings is 4. The van der Waals surface area contributed by atoms with Gasteiger partial charge in [-0.05, 0) is 52.7 Å². The molecule has 4 aromatic carbocycles. The summed E-state index contributed by atoms with van der Waals surface area (Å²) >= 11 is 0. The van der Waals surface area contributed by atoms with E-state index in [1.807, 2.05) is 24.3 Å². The second-order valence-corrected chi connectivity index (χ2v) is 8.90. The highest BCUT2D eigenvalue weighted by atomic mass is 32.2. The average Bonchev–Trinajstić information content (AvgIpc) is 2.84. The summed E-state index contributed by atoms with van der Waals surface area (Å²) in [5, 5.41) is 19.0. The Labute approximate surface area is 194 Å². The summed E-state index contributed by atoms with van der Waals surface area (Å²) in [6.45, 7) is 0. The molecule has 0 spiro atoms. The third kappa shape index (κ3) is 5.25. The first-order valence-corrected chi connectivity index (χ1v) is 11.5. The van der Waals surface area contributed by atoms with Crippen molar-refractivity contribution in [3.63, 3.8) is 0 Å². The van der Waals surface area contributed by atoms with Crippen molar-refractivity contribution in [2.45, 2.75) is 4.90 Å². The molecule has 0 aliphatic heterocycles. The summed E-state index contributed by atoms with van der Waals surface area (Å²) in [5.41, 5.74) is 1.28. The lowest BCUT2D eigenvalue weighted by molar-refractivity contribution is -0.384. The maximum atomic E-state index is 12.5. The Hall–Kier alpha value is -4.57. The smallest absolute Gasteiger partial charge is 0.276 e. The molecule has 0 atom stereocenters. The number of amides is 1. The van der Waals surface area contributed by atoms with E-state index in [9.17, 15) is 23.3 Å². The van der Waals surface area contributed by atoms with Crippen molar-refractivity contribution in [1.29, 1.82) is 0 Å². The van der Waals surface area contributed by atoms with Gasteiger partial charge in [0.1, 0.15) is 0 Å². The van der Waals surface area contributed by atoms with Gasteiger partial charge >= 0.3 is 0 Å². The third-order valence-electron chi connectivity index (χ3n) is 4.93. The zero-order valence-electron chi connectivity index (χ0n) is 17.6. The topological polar surface area (TPSA) is 131 Å². The van der Waals surface area contributed by atoms with Crippen molar-refractivity contribution in [2.24, 2.45) is 5.10 Å². The minimum absolute atomic E-state index is 0.101. The van der Waals surface area contributed by atoms with E-state index in [1.165, 1.54) is 36.5 Å². The first kappa shape index (κ1) is 22.6. The summed E-state index contributed by atoms with van der Waals surface area (Å²) in [7, 11) is -3.83. The monoisotopic (exact) mass is 474 g/mol. The van der Waals surface area contributed by atoms with Crippen molar-refractivity contribution in [2.75, 3.05) is 5.32 Å². The summed E-state index contributed by atoms with van der Waals surface area (Å²) in [5.74, 6) is -0.417. The van der Waals surface area contributed by atoms with Crippen LogP contribution in [0.2, 0.25) is 0 Å². The van der Waals surface area contributed by atoms with Gasteiger partial charge in [-0.15, -0.1) is 0 Å². The van der Waals surface area contributed by atoms with Gasteiger partial charge in [0, 0.05) is 23.4 Å². The number of sulfonamides is 1. The van der Waals surface area contributed by atoms with Gasteiger partial charge in [-0.3, -0.25) is 14.9 Å². The Morgan fingerprint density at radius 2 is 1.56 bits per heavy atom. The fourth-order valence-corrected chi connectivity index (χ4v) is 3.97. The van der Waals surface area contributed by atoms with E-state index >= 15 is 0 Å². The van der Waals surface area contributed by atoms with Crippen molar-refractivity contribution < 1.29 is 18.1 Å². The second-order valence-electron chi connectivity index (χ2n) is 7.24. The number of rotatable bonds is 7. The number of nitrogens with one attached hydrogen (secondary N) is 2. The number of nitro groups is 1. The lowest BCUT2D eigenvalue weighted by atomic mass is 10.1. The Morgan fingerprint density at radius 1 is 0.882 bits per heavy atom. The number of hydrogen-bond acceptors (Lipinski definition) is 6. The van der Waals surface area contributed by atoms with E-state index in [1.54, 1.807) is 36.4 Å². The van der Waals surface area contributed by atoms with Gasteiger partial charge in [0.2, 0.25) is 0 Å². The number of carbonyl (C=O) groups is 1. The summed E-state index contributed by atoms with van der Waals surface area (Å²) in [6.07, 6.45) is 1.35. The van der Waals surface area contributed by atoms with Crippen LogP contribution >= 0.6 is 0 Å². The van der Waals surface area contributed by atoms with E-state index in [0.717, 1.165) is 10.8 Å². The van der Waals surface area contributed by atoms with Gasteiger partial charge in [0.15, 0.2) is 0 Å². The summed E-state index contributed by atoms with van der Waals surface area (Å²) in [4.78, 5) is 24.8. The highest BCUT2D eigenvalue weighted by Gasteiger charge is 2.13. The zero-order chi connectivity index (χ0) is 24.1. The molecule has 0 unspecified atom stereocenters. The molecule has 34 heavy (non-hydrogen) atoms. The zero-order valence-corrected chi connectivity index (χ0v) is 18.4. The van der Waals surface area contributed by atoms with Crippen LogP contribution in [0, 0.1) is 10.1 Å². The molecule has 0 aliphatic carbocycles. The van der Waals surface area contributed by atoms with Crippen LogP contribution in [0.5, 0.6) is 0 Å². The maximum absolute atomic E-state index is 12.5. The van der Waals surface area contributed by atoms with Gasteiger partial charge in [-0.2, -0.15) is 13.5 Å². The molecule has 0 heterocycles. The van der Waals surface area contributed by atoms with Gasteiger partial charge < -0.3 is 5.32 Å². The van der Waals surface area contributed by atoms with Crippen LogP contribution in [0.1, 0.15) is 15.9 Å². The van der Waals surface area contributed by atoms with E-state index in [-0.39, 0.29) is 16.1 Å². The lowest BCUT2D eigenvalue weighted by Crippen LogP contribution is -2.18. The first-order chi connectivity index (χ1) is 16.3. The van der Waals surface area contributed by atoms with Crippen LogP contribution in [0.4, 0.5) is 11.4 Å². The SMILES string of the molecule is O=C(Nc1ccc(C=NNS(=O)(=O)c2ccc3ccccc3c2)cc1)c1ccc([N+](=O)[O-])cc1. The highest BCUT2D eigenvalue weighted by molar-refractivity contribution is 7.89. The van der Waals surface area contributed by atoms with Crippen molar-refractivity contribution in [1.82, 2.24) is 4.83 Å². The molecule has 170 valence electrons. The quantitative estimate of drug-likeness (QED) is 0.234. The van der Waals surface area contributed by atoms with Gasteiger partial charge in [-0.25, -0.2) is 4.83 Å². The number of hydrazone groups is 1. The van der Waals surface area contributed by atoms with E-state index < -0.39 is 20.9 Å². The summed E-state index contributed by atoms with van der Waals surface area (Å²) in [6, 6.07) is 24.1. The minimum atomic E-state index is -3.83. The van der Waals surface area contributed by atoms with Crippen LogP contribution in [0.3, 0.4) is 0 Å². The van der Waals surface area contributed by atoms with Gasteiger partial charge in [0.25, 0.3) is 21.6 Å². The van der Waals surface area contributed by atoms with Gasteiger partial charge in [0.05, 0.1) is 16.0 Å². The Bertz CT molecular complexity index is 1500. The Balaban J connectivity index is 1.38. The fourth-order valence-electron chi connectivity index (χ4n) is 3.15. The molecule has 0 radical (unpaired) electrons. The van der Waals surface area contributed by atoms with Crippen molar-refractivity contribution >= 4 is 44.3 Å². The largest absolute Gasteiger partial charge is 0.322 e. The average molecular weight is 474 g/mol. The van der Waals surface area contributed by atoms with E-state index in [2.05, 4.69) is 15.2 Å². The highest BCUT2D eigenvalue weighted by Crippen LogP contribution is 2.19. The molecular formula is C24H18N4O5S. The third-order valence-corrected chi connectivity index (χ3v) is 6.15. The molecule has 0 saturated heterocycles.